The molecule has 5 heteroatoms. The molecule has 4 rings (SSSR count). The van der Waals surface area contributed by atoms with Crippen molar-refractivity contribution in [3.05, 3.63) is 94.0 Å². The molecule has 0 aliphatic rings. The van der Waals surface area contributed by atoms with Gasteiger partial charge in [-0.25, -0.2) is 0 Å². The summed E-state index contributed by atoms with van der Waals surface area (Å²) in [4.78, 5) is 5.89. The lowest BCUT2D eigenvalue weighted by atomic mass is 10.0. The summed E-state index contributed by atoms with van der Waals surface area (Å²) >= 11 is 1.78. The zero-order valence-corrected chi connectivity index (χ0v) is 16.7. The zero-order valence-electron chi connectivity index (χ0n) is 15.9. The molecule has 0 spiro atoms. The highest BCUT2D eigenvalue weighted by atomic mass is 32.1. The normalized spacial score (nSPS) is 12.2. The van der Waals surface area contributed by atoms with Gasteiger partial charge < -0.3 is 9.84 Å². The molecule has 0 bridgehead atoms. The quantitative estimate of drug-likeness (QED) is 0.478. The van der Waals surface area contributed by atoms with Crippen molar-refractivity contribution in [2.75, 3.05) is 0 Å². The summed E-state index contributed by atoms with van der Waals surface area (Å²) in [5.74, 6) is 1.28. The molecule has 0 fully saturated rings. The largest absolute Gasteiger partial charge is 0.333 e. The van der Waals surface area contributed by atoms with Gasteiger partial charge in [-0.3, -0.25) is 0 Å². The number of rotatable bonds is 8. The smallest absolute Gasteiger partial charge is 0.282 e. The predicted molar refractivity (Wildman–Crippen MR) is 112 cm³/mol. The van der Waals surface area contributed by atoms with Crippen LogP contribution in [0.4, 0.5) is 0 Å². The van der Waals surface area contributed by atoms with Gasteiger partial charge in [0.2, 0.25) is 5.82 Å². The van der Waals surface area contributed by atoms with Crippen molar-refractivity contribution in [2.24, 2.45) is 0 Å². The third-order valence-corrected chi connectivity index (χ3v) is 5.71. The van der Waals surface area contributed by atoms with Gasteiger partial charge in [0.25, 0.3) is 5.89 Å². The van der Waals surface area contributed by atoms with E-state index in [1.807, 2.05) is 30.3 Å². The van der Waals surface area contributed by atoms with Crippen molar-refractivity contribution in [3.8, 4) is 11.4 Å². The van der Waals surface area contributed by atoms with Crippen LogP contribution in [0, 0.1) is 0 Å². The van der Waals surface area contributed by atoms with Gasteiger partial charge in [0.05, 0.1) is 4.88 Å². The first-order chi connectivity index (χ1) is 13.8. The Labute approximate surface area is 169 Å². The molecule has 142 valence electrons. The summed E-state index contributed by atoms with van der Waals surface area (Å²) in [6.45, 7) is 2.85. The summed E-state index contributed by atoms with van der Waals surface area (Å²) in [5.41, 5.74) is 3.66. The molecule has 2 aromatic carbocycles. The average Bonchev–Trinajstić information content (AvgIpc) is 3.43. The van der Waals surface area contributed by atoms with Gasteiger partial charge in [-0.15, -0.1) is 11.3 Å². The summed E-state index contributed by atoms with van der Waals surface area (Å²) in [5, 5.41) is 8.52. The minimum atomic E-state index is 0.225. The number of aryl methyl sites for hydroxylation is 1. The number of hydrogen-bond acceptors (Lipinski definition) is 4. The van der Waals surface area contributed by atoms with Crippen LogP contribution in [0.15, 0.2) is 76.6 Å². The van der Waals surface area contributed by atoms with E-state index in [9.17, 15) is 0 Å². The number of benzene rings is 2. The fourth-order valence-corrected chi connectivity index (χ4v) is 4.18. The third-order valence-electron chi connectivity index (χ3n) is 4.76. The molecule has 2 aromatic heterocycles. The fourth-order valence-electron chi connectivity index (χ4n) is 3.33. The van der Waals surface area contributed by atoms with E-state index in [1.165, 1.54) is 22.4 Å². The highest BCUT2D eigenvalue weighted by Gasteiger charge is 2.20. The van der Waals surface area contributed by atoms with Crippen molar-refractivity contribution in [1.82, 2.24) is 10.1 Å². The topological polar surface area (TPSA) is 55.5 Å². The minimum absolute atomic E-state index is 0.225. The molecule has 4 aromatic rings. The van der Waals surface area contributed by atoms with Crippen molar-refractivity contribution in [2.45, 2.75) is 32.4 Å². The molecule has 0 aliphatic heterocycles. The molecule has 2 N–H and O–H groups in total. The van der Waals surface area contributed by atoms with E-state index >= 15 is 0 Å². The summed E-state index contributed by atoms with van der Waals surface area (Å²) in [6.07, 6.45) is 2.29. The Morgan fingerprint density at radius 1 is 1.00 bits per heavy atom. The number of aromatic nitrogens is 2. The second-order valence-electron chi connectivity index (χ2n) is 6.80. The first kappa shape index (κ1) is 18.6. The summed E-state index contributed by atoms with van der Waals surface area (Å²) in [7, 11) is 0. The fraction of sp³-hybridized carbons (Fsp3) is 0.217. The number of thiophene rings is 1. The highest BCUT2D eigenvalue weighted by molar-refractivity contribution is 7.10. The Balaban J connectivity index is 1.50. The number of hydrogen-bond donors (Lipinski definition) is 1. The van der Waals surface area contributed by atoms with Crippen LogP contribution in [0.3, 0.4) is 0 Å². The second-order valence-corrected chi connectivity index (χ2v) is 7.78. The van der Waals surface area contributed by atoms with Gasteiger partial charge in [0.1, 0.15) is 6.04 Å². The first-order valence-electron chi connectivity index (χ1n) is 9.67. The Bertz CT molecular complexity index is 978. The molecule has 0 radical (unpaired) electrons. The molecule has 0 saturated carbocycles. The lowest BCUT2D eigenvalue weighted by molar-refractivity contribution is -0.704. The van der Waals surface area contributed by atoms with E-state index in [-0.39, 0.29) is 6.04 Å². The van der Waals surface area contributed by atoms with Crippen molar-refractivity contribution >= 4 is 11.3 Å². The van der Waals surface area contributed by atoms with Gasteiger partial charge in [-0.05, 0) is 23.4 Å². The monoisotopic (exact) mass is 390 g/mol. The summed E-state index contributed by atoms with van der Waals surface area (Å²) < 4.78 is 5.48. The molecule has 0 amide bonds. The third kappa shape index (κ3) is 4.38. The molecule has 0 unspecified atom stereocenters. The lowest BCUT2D eigenvalue weighted by Crippen LogP contribution is -2.83. The van der Waals surface area contributed by atoms with Crippen LogP contribution in [0.25, 0.3) is 11.4 Å². The van der Waals surface area contributed by atoms with E-state index in [0.717, 1.165) is 12.0 Å². The van der Waals surface area contributed by atoms with Crippen LogP contribution in [-0.2, 0) is 13.0 Å². The Morgan fingerprint density at radius 2 is 1.82 bits per heavy atom. The van der Waals surface area contributed by atoms with E-state index < -0.39 is 0 Å². The first-order valence-corrected chi connectivity index (χ1v) is 10.5. The molecule has 0 saturated heterocycles. The number of nitrogens with two attached hydrogens (primary N) is 1. The molecular formula is C23H24N3OS+. The number of quaternary nitrogens is 1. The van der Waals surface area contributed by atoms with E-state index in [2.05, 4.69) is 64.2 Å². The van der Waals surface area contributed by atoms with E-state index in [0.29, 0.717) is 18.3 Å². The molecular weight excluding hydrogens is 366 g/mol. The van der Waals surface area contributed by atoms with E-state index in [4.69, 9.17) is 4.52 Å². The maximum Gasteiger partial charge on any atom is 0.282 e. The zero-order chi connectivity index (χ0) is 19.2. The van der Waals surface area contributed by atoms with Crippen LogP contribution in [0.2, 0.25) is 0 Å². The molecule has 2 heterocycles. The van der Waals surface area contributed by atoms with Crippen LogP contribution >= 0.6 is 11.3 Å². The standard InChI is InChI=1S/C23H23N3OS/c1-2-7-17-11-13-18(14-12-17)22(20-10-6-15-28-20)24-16-21-25-23(26-27-21)19-8-4-3-5-9-19/h3-6,8-15,22,24H,2,7,16H2,1H3/p+1/t22-/m1/s1. The predicted octanol–water partition coefficient (Wildman–Crippen LogP) is 4.60. The number of nitrogens with zero attached hydrogens (tertiary/aromatic N) is 2. The van der Waals surface area contributed by atoms with Crippen LogP contribution < -0.4 is 5.32 Å². The second kappa shape index (κ2) is 8.95. The van der Waals surface area contributed by atoms with Gasteiger partial charge in [0, 0.05) is 11.1 Å². The molecule has 0 aliphatic carbocycles. The van der Waals surface area contributed by atoms with E-state index in [1.54, 1.807) is 11.3 Å². The van der Waals surface area contributed by atoms with Gasteiger partial charge >= 0.3 is 0 Å². The van der Waals surface area contributed by atoms with Crippen LogP contribution in [0.1, 0.15) is 41.3 Å². The average molecular weight is 391 g/mol. The Kier molecular flexibility index (Phi) is 5.95. The highest BCUT2D eigenvalue weighted by Crippen LogP contribution is 2.23. The SMILES string of the molecule is CCCc1ccc([C@@H]([NH2+]Cc2nc(-c3ccccc3)no2)c2cccs2)cc1. The van der Waals surface area contributed by atoms with Gasteiger partial charge in [-0.2, -0.15) is 4.98 Å². The maximum absolute atomic E-state index is 5.48. The van der Waals surface area contributed by atoms with Crippen LogP contribution in [-0.4, -0.2) is 10.1 Å². The van der Waals surface area contributed by atoms with Crippen LogP contribution in [0.5, 0.6) is 0 Å². The van der Waals surface area contributed by atoms with Crippen molar-refractivity contribution < 1.29 is 9.84 Å². The summed E-state index contributed by atoms with van der Waals surface area (Å²) in [6, 6.07) is 23.4. The Hall–Kier alpha value is -2.76. The van der Waals surface area contributed by atoms with Gasteiger partial charge in [0.15, 0.2) is 6.54 Å². The van der Waals surface area contributed by atoms with Gasteiger partial charge in [-0.1, -0.05) is 79.2 Å². The van der Waals surface area contributed by atoms with Crippen molar-refractivity contribution in [1.29, 1.82) is 0 Å². The molecule has 1 atom stereocenters. The minimum Gasteiger partial charge on any atom is -0.333 e. The maximum atomic E-state index is 5.48. The molecule has 28 heavy (non-hydrogen) atoms. The van der Waals surface area contributed by atoms with Crippen molar-refractivity contribution in [3.63, 3.8) is 0 Å². The molecule has 4 nitrogen and oxygen atoms in total. The lowest BCUT2D eigenvalue weighted by Gasteiger charge is -2.14. The Morgan fingerprint density at radius 3 is 2.54 bits per heavy atom.